The smallest absolute Gasteiger partial charge is 0.332 e. The third-order valence-corrected chi connectivity index (χ3v) is 6.37. The summed E-state index contributed by atoms with van der Waals surface area (Å²) in [4.78, 5) is 20.1. The van der Waals surface area contributed by atoms with Crippen LogP contribution >= 0.6 is 0 Å². The van der Waals surface area contributed by atoms with Crippen LogP contribution in [0.4, 0.5) is 0 Å². The van der Waals surface area contributed by atoms with E-state index < -0.39 is 8.56 Å². The molecule has 0 saturated carbocycles. The minimum absolute atomic E-state index is 0.650. The second-order valence-corrected chi connectivity index (χ2v) is 9.27. The standard InChI is InChI=1S/C16H38N2O2Si/c17-13-9-5-1-3-7-11-15-21(19,20)16-12-8-4-2-6-10-14-18/h19-20H,1-18H2. The maximum Gasteiger partial charge on any atom is 0.332 e. The minimum atomic E-state index is -2.89. The molecule has 0 saturated heterocycles. The van der Waals surface area contributed by atoms with Crippen molar-refractivity contribution in [1.29, 1.82) is 0 Å². The first-order valence-corrected chi connectivity index (χ1v) is 11.3. The van der Waals surface area contributed by atoms with Gasteiger partial charge in [-0.2, -0.15) is 0 Å². The Hall–Kier alpha value is 0.0569. The van der Waals surface area contributed by atoms with Crippen molar-refractivity contribution in [1.82, 2.24) is 0 Å². The average molecular weight is 319 g/mol. The first-order valence-electron chi connectivity index (χ1n) is 8.97. The number of hydrogen-bond acceptors (Lipinski definition) is 4. The summed E-state index contributed by atoms with van der Waals surface area (Å²) < 4.78 is 0. The van der Waals surface area contributed by atoms with E-state index in [9.17, 15) is 9.59 Å². The molecule has 0 aliphatic heterocycles. The molecule has 0 radical (unpaired) electrons. The van der Waals surface area contributed by atoms with Gasteiger partial charge < -0.3 is 21.1 Å². The lowest BCUT2D eigenvalue weighted by Gasteiger charge is -2.17. The van der Waals surface area contributed by atoms with Crippen molar-refractivity contribution < 1.29 is 9.59 Å². The van der Waals surface area contributed by atoms with Crippen LogP contribution in [0.15, 0.2) is 0 Å². The van der Waals surface area contributed by atoms with Crippen LogP contribution in [-0.4, -0.2) is 31.2 Å². The number of rotatable bonds is 16. The molecule has 0 amide bonds. The highest BCUT2D eigenvalue weighted by atomic mass is 28.4. The van der Waals surface area contributed by atoms with Crippen LogP contribution in [0.2, 0.25) is 12.1 Å². The Morgan fingerprint density at radius 1 is 0.476 bits per heavy atom. The SMILES string of the molecule is NCCCCCCCC[Si](O)(O)CCCCCCCCN. The molecule has 0 aromatic rings. The van der Waals surface area contributed by atoms with Gasteiger partial charge in [-0.05, 0) is 38.0 Å². The molecule has 0 unspecified atom stereocenters. The summed E-state index contributed by atoms with van der Waals surface area (Å²) in [7, 11) is -2.89. The fourth-order valence-corrected chi connectivity index (χ4v) is 4.53. The predicted octanol–water partition coefficient (Wildman–Crippen LogP) is 3.01. The normalized spacial score (nSPS) is 12.0. The quantitative estimate of drug-likeness (QED) is 0.260. The largest absolute Gasteiger partial charge is 0.411 e. The summed E-state index contributed by atoms with van der Waals surface area (Å²) in [5, 5.41) is 0. The van der Waals surface area contributed by atoms with Crippen LogP contribution in [0, 0.1) is 0 Å². The van der Waals surface area contributed by atoms with Crippen molar-refractivity contribution in [3.63, 3.8) is 0 Å². The van der Waals surface area contributed by atoms with Gasteiger partial charge in [0.15, 0.2) is 0 Å². The van der Waals surface area contributed by atoms with Gasteiger partial charge in [0.1, 0.15) is 0 Å². The molecule has 0 heterocycles. The lowest BCUT2D eigenvalue weighted by atomic mass is 10.1. The molecule has 0 aliphatic rings. The average Bonchev–Trinajstić information content (AvgIpc) is 2.45. The Morgan fingerprint density at radius 3 is 1.10 bits per heavy atom. The molecule has 21 heavy (non-hydrogen) atoms. The van der Waals surface area contributed by atoms with Crippen LogP contribution in [0.3, 0.4) is 0 Å². The lowest BCUT2D eigenvalue weighted by Crippen LogP contribution is -2.33. The van der Waals surface area contributed by atoms with E-state index in [1.165, 1.54) is 38.5 Å². The fraction of sp³-hybridized carbons (Fsp3) is 1.00. The number of hydrogen-bond donors (Lipinski definition) is 4. The van der Waals surface area contributed by atoms with Crippen molar-refractivity contribution in [3.05, 3.63) is 0 Å². The minimum Gasteiger partial charge on any atom is -0.411 e. The topological polar surface area (TPSA) is 92.5 Å². The molecular formula is C16H38N2O2Si. The van der Waals surface area contributed by atoms with Crippen molar-refractivity contribution in [2.45, 2.75) is 89.1 Å². The first kappa shape index (κ1) is 21.1. The molecule has 5 heteroatoms. The number of nitrogens with two attached hydrogens (primary N) is 2. The van der Waals surface area contributed by atoms with Crippen molar-refractivity contribution in [3.8, 4) is 0 Å². The molecular weight excluding hydrogens is 280 g/mol. The number of unbranched alkanes of at least 4 members (excludes halogenated alkanes) is 10. The second kappa shape index (κ2) is 15.0. The van der Waals surface area contributed by atoms with Crippen LogP contribution in [-0.2, 0) is 0 Å². The second-order valence-electron chi connectivity index (χ2n) is 6.30. The molecule has 0 aliphatic carbocycles. The maximum absolute atomic E-state index is 10.1. The van der Waals surface area contributed by atoms with E-state index in [1.807, 2.05) is 0 Å². The lowest BCUT2D eigenvalue weighted by molar-refractivity contribution is 0.350. The van der Waals surface area contributed by atoms with Crippen LogP contribution in [0.25, 0.3) is 0 Å². The van der Waals surface area contributed by atoms with Crippen LogP contribution < -0.4 is 11.5 Å². The van der Waals surface area contributed by atoms with E-state index in [1.54, 1.807) is 0 Å². The van der Waals surface area contributed by atoms with Gasteiger partial charge >= 0.3 is 8.56 Å². The van der Waals surface area contributed by atoms with E-state index in [0.29, 0.717) is 12.1 Å². The van der Waals surface area contributed by atoms with Gasteiger partial charge in [-0.25, -0.2) is 0 Å². The van der Waals surface area contributed by atoms with Crippen molar-refractivity contribution in [2.24, 2.45) is 11.5 Å². The van der Waals surface area contributed by atoms with E-state index >= 15 is 0 Å². The monoisotopic (exact) mass is 318 g/mol. The highest BCUT2D eigenvalue weighted by Crippen LogP contribution is 2.19. The van der Waals surface area contributed by atoms with Gasteiger partial charge in [0.25, 0.3) is 0 Å². The van der Waals surface area contributed by atoms with E-state index in [0.717, 1.165) is 51.6 Å². The summed E-state index contributed by atoms with van der Waals surface area (Å²) in [5.41, 5.74) is 10.9. The van der Waals surface area contributed by atoms with Gasteiger partial charge in [0, 0.05) is 0 Å². The van der Waals surface area contributed by atoms with Gasteiger partial charge in [-0.15, -0.1) is 0 Å². The van der Waals surface area contributed by atoms with Crippen LogP contribution in [0.5, 0.6) is 0 Å². The first-order chi connectivity index (χ1) is 10.1. The molecule has 6 N–H and O–H groups in total. The maximum atomic E-state index is 10.1. The zero-order valence-electron chi connectivity index (χ0n) is 13.9. The molecule has 0 aromatic carbocycles. The predicted molar refractivity (Wildman–Crippen MR) is 93.3 cm³/mol. The van der Waals surface area contributed by atoms with E-state index in [4.69, 9.17) is 11.5 Å². The Kier molecular flexibility index (Phi) is 15.0. The zero-order valence-corrected chi connectivity index (χ0v) is 14.9. The molecule has 4 nitrogen and oxygen atoms in total. The molecule has 0 spiro atoms. The third kappa shape index (κ3) is 16.3. The van der Waals surface area contributed by atoms with Gasteiger partial charge in [0.2, 0.25) is 0 Å². The summed E-state index contributed by atoms with van der Waals surface area (Å²) in [6, 6.07) is 1.30. The summed E-state index contributed by atoms with van der Waals surface area (Å²) >= 11 is 0. The molecule has 0 fully saturated rings. The van der Waals surface area contributed by atoms with Gasteiger partial charge in [-0.1, -0.05) is 64.2 Å². The van der Waals surface area contributed by atoms with Gasteiger partial charge in [-0.3, -0.25) is 0 Å². The highest BCUT2D eigenvalue weighted by molar-refractivity contribution is 6.64. The Labute approximate surface area is 132 Å². The highest BCUT2D eigenvalue weighted by Gasteiger charge is 2.27. The fourth-order valence-electron chi connectivity index (χ4n) is 2.64. The Balaban J connectivity index is 3.35. The van der Waals surface area contributed by atoms with Crippen molar-refractivity contribution >= 4 is 8.56 Å². The molecule has 0 bridgehead atoms. The summed E-state index contributed by atoms with van der Waals surface area (Å²) in [6.45, 7) is 1.57. The summed E-state index contributed by atoms with van der Waals surface area (Å²) in [5.74, 6) is 0. The Morgan fingerprint density at radius 2 is 0.762 bits per heavy atom. The molecule has 0 rings (SSSR count). The summed E-state index contributed by atoms with van der Waals surface area (Å²) in [6.07, 6.45) is 13.7. The molecule has 0 aromatic heterocycles. The van der Waals surface area contributed by atoms with Crippen molar-refractivity contribution in [2.75, 3.05) is 13.1 Å². The molecule has 0 atom stereocenters. The van der Waals surface area contributed by atoms with E-state index in [-0.39, 0.29) is 0 Å². The Bertz CT molecular complexity index is 196. The van der Waals surface area contributed by atoms with Gasteiger partial charge in [0.05, 0.1) is 0 Å². The third-order valence-electron chi connectivity index (χ3n) is 4.06. The van der Waals surface area contributed by atoms with Crippen LogP contribution in [0.1, 0.15) is 77.0 Å². The zero-order chi connectivity index (χ0) is 15.8. The molecule has 128 valence electrons. The van der Waals surface area contributed by atoms with E-state index in [2.05, 4.69) is 0 Å².